The van der Waals surface area contributed by atoms with Gasteiger partial charge in [0.25, 0.3) is 0 Å². The average molecular weight is 174 g/mol. The molecule has 0 aliphatic rings. The summed E-state index contributed by atoms with van der Waals surface area (Å²) in [6, 6.07) is 0. The van der Waals surface area contributed by atoms with Gasteiger partial charge in [-0.05, 0) is 6.16 Å². The molecule has 0 bridgehead atoms. The number of carboxylic acid groups (broad SMARTS) is 2. The molecule has 0 saturated carbocycles. The molecular formula is CH2Ca2O5. The van der Waals surface area contributed by atoms with Crippen LogP contribution in [-0.4, -0.2) is 85.3 Å². The third-order valence-corrected chi connectivity index (χ3v) is 0. The molecule has 40 valence electrons. The van der Waals surface area contributed by atoms with Gasteiger partial charge in [0.2, 0.25) is 0 Å². The molecule has 0 aliphatic heterocycles. The fourth-order valence-electron chi connectivity index (χ4n) is 0. The molecule has 0 radical (unpaired) electrons. The standard InChI is InChI=1S/CH2O3.2Ca.H2O.O/c2-1(3)4;;;;/h(H2,2,3,4);;;1H2;/q;;+2;;/p-2. The van der Waals surface area contributed by atoms with E-state index in [0.29, 0.717) is 0 Å². The summed E-state index contributed by atoms with van der Waals surface area (Å²) in [6.07, 6.45) is -2.33. The number of hydrogen-bond donors (Lipinski definition) is 0. The van der Waals surface area contributed by atoms with Crippen LogP contribution in [0.25, 0.3) is 0 Å². The van der Waals surface area contributed by atoms with Crippen molar-refractivity contribution in [1.82, 2.24) is 0 Å². The van der Waals surface area contributed by atoms with E-state index in [0.717, 1.165) is 0 Å². The molecule has 0 saturated heterocycles. The third kappa shape index (κ3) is 135. The molecule has 0 aliphatic carbocycles. The quantitative estimate of drug-likeness (QED) is 0.347. The van der Waals surface area contributed by atoms with Crippen molar-refractivity contribution < 1.29 is 21.9 Å². The number of hydrogen-bond acceptors (Lipinski definition) is 4. The molecular weight excluding hydrogens is 172 g/mol. The summed E-state index contributed by atoms with van der Waals surface area (Å²) in [5.41, 5.74) is 0. The maximum atomic E-state index is 8.38. The second kappa shape index (κ2) is 23.5. The predicted octanol–water partition coefficient (Wildman–Crippen LogP) is -4.15. The number of carbonyl (C=O) groups is 1. The maximum absolute atomic E-state index is 8.38. The van der Waals surface area contributed by atoms with Gasteiger partial charge in [-0.2, -0.15) is 0 Å². The Kier molecular flexibility index (Phi) is 66.7. The van der Waals surface area contributed by atoms with Crippen LogP contribution in [0.2, 0.25) is 0 Å². The van der Waals surface area contributed by atoms with E-state index in [1.807, 2.05) is 0 Å². The molecule has 0 spiro atoms. The monoisotopic (exact) mass is 174 g/mol. The molecule has 0 aromatic carbocycles. The van der Waals surface area contributed by atoms with E-state index < -0.39 is 6.16 Å². The van der Waals surface area contributed by atoms with Gasteiger partial charge in [-0.1, -0.05) is 0 Å². The number of rotatable bonds is 0. The van der Waals surface area contributed by atoms with Crippen molar-refractivity contribution in [3.05, 3.63) is 0 Å². The minimum absolute atomic E-state index is 0. The first-order valence-corrected chi connectivity index (χ1v) is 1.80. The zero-order chi connectivity index (χ0) is 5.58. The fourth-order valence-corrected chi connectivity index (χ4v) is 0. The molecule has 0 unspecified atom stereocenters. The Morgan fingerprint density at radius 1 is 1.25 bits per heavy atom. The molecule has 0 rings (SSSR count). The van der Waals surface area contributed by atoms with Crippen molar-refractivity contribution in [1.29, 1.82) is 0 Å². The van der Waals surface area contributed by atoms with Crippen molar-refractivity contribution >= 4 is 79.8 Å². The van der Waals surface area contributed by atoms with E-state index in [1.54, 1.807) is 0 Å². The second-order valence-corrected chi connectivity index (χ2v) is 0.250. The van der Waals surface area contributed by atoms with E-state index >= 15 is 0 Å². The fraction of sp³-hybridized carbons (Fsp3) is 0. The van der Waals surface area contributed by atoms with Gasteiger partial charge in [-0.25, -0.2) is 0 Å². The second-order valence-electron chi connectivity index (χ2n) is 0.250. The SMILES string of the molecule is O.O=C([O-])[O-].[Ca+2].[O]=[Ca]. The minimum atomic E-state index is -2.33. The molecule has 0 amide bonds. The van der Waals surface area contributed by atoms with Gasteiger partial charge in [-0.15, -0.1) is 0 Å². The van der Waals surface area contributed by atoms with Crippen LogP contribution in [0.3, 0.4) is 0 Å². The average Bonchev–Trinajstić information content (AvgIpc) is 1.41. The summed E-state index contributed by atoms with van der Waals surface area (Å²) < 4.78 is 8.38. The Bertz CT molecular complexity index is 41.7. The summed E-state index contributed by atoms with van der Waals surface area (Å²) >= 11 is 0.125. The molecule has 0 fully saturated rings. The van der Waals surface area contributed by atoms with Gasteiger partial charge in [0.1, 0.15) is 0 Å². The Labute approximate surface area is 99.8 Å². The van der Waals surface area contributed by atoms with Crippen molar-refractivity contribution in [2.24, 2.45) is 0 Å². The van der Waals surface area contributed by atoms with Crippen molar-refractivity contribution in [2.45, 2.75) is 0 Å². The zero-order valence-electron chi connectivity index (χ0n) is 4.05. The van der Waals surface area contributed by atoms with Gasteiger partial charge < -0.3 is 20.5 Å². The van der Waals surface area contributed by atoms with Gasteiger partial charge in [-0.3, -0.25) is 0 Å². The van der Waals surface area contributed by atoms with Crippen LogP contribution in [0.1, 0.15) is 0 Å². The zero-order valence-corrected chi connectivity index (χ0v) is 8.46. The van der Waals surface area contributed by atoms with Crippen molar-refractivity contribution in [2.75, 3.05) is 0 Å². The van der Waals surface area contributed by atoms with E-state index in [-0.39, 0.29) is 79.1 Å². The normalized spacial score (nSPS) is 3.75. The topological polar surface area (TPSA) is 112 Å². The van der Waals surface area contributed by atoms with Gasteiger partial charge in [0.05, 0.1) is 0 Å². The third-order valence-electron chi connectivity index (χ3n) is 0. The molecule has 5 nitrogen and oxygen atoms in total. The Morgan fingerprint density at radius 2 is 1.25 bits per heavy atom. The Morgan fingerprint density at radius 3 is 1.25 bits per heavy atom. The first kappa shape index (κ1) is 22.7. The van der Waals surface area contributed by atoms with Crippen LogP contribution >= 0.6 is 0 Å². The predicted molar refractivity (Wildman–Crippen MR) is 21.2 cm³/mol. The summed E-state index contributed by atoms with van der Waals surface area (Å²) in [7, 11) is 0. The van der Waals surface area contributed by atoms with Crippen LogP contribution < -0.4 is 10.2 Å². The molecule has 0 atom stereocenters. The number of carbonyl (C=O) groups excluding carboxylic acids is 1. The summed E-state index contributed by atoms with van der Waals surface area (Å²) in [4.78, 5) is 8.33. The summed E-state index contributed by atoms with van der Waals surface area (Å²) in [5, 5.41) is 16.7. The molecule has 7 heteroatoms. The van der Waals surface area contributed by atoms with Crippen LogP contribution in [0, 0.1) is 0 Å². The molecule has 0 aromatic heterocycles. The van der Waals surface area contributed by atoms with Gasteiger partial charge >= 0.3 is 75.1 Å². The molecule has 2 N–H and O–H groups in total. The first-order chi connectivity index (χ1) is 2.73. The van der Waals surface area contributed by atoms with Gasteiger partial charge in [0, 0.05) is 0 Å². The molecule has 0 aromatic rings. The van der Waals surface area contributed by atoms with Crippen LogP contribution in [0.5, 0.6) is 0 Å². The Hall–Kier alpha value is 1.55. The Balaban J connectivity index is -0.0000000183. The first-order valence-electron chi connectivity index (χ1n) is 0.901. The molecule has 8 heavy (non-hydrogen) atoms. The van der Waals surface area contributed by atoms with Crippen molar-refractivity contribution in [3.8, 4) is 0 Å². The van der Waals surface area contributed by atoms with Crippen LogP contribution in [-0.2, 0) is 1.43 Å². The van der Waals surface area contributed by atoms with Gasteiger partial charge in [0.15, 0.2) is 0 Å². The van der Waals surface area contributed by atoms with Crippen molar-refractivity contribution in [3.63, 3.8) is 0 Å². The van der Waals surface area contributed by atoms with E-state index in [1.165, 1.54) is 0 Å². The van der Waals surface area contributed by atoms with Crippen LogP contribution in [0.4, 0.5) is 4.79 Å². The molecule has 0 heterocycles. The van der Waals surface area contributed by atoms with E-state index in [9.17, 15) is 0 Å². The van der Waals surface area contributed by atoms with Crippen LogP contribution in [0.15, 0.2) is 0 Å². The summed E-state index contributed by atoms with van der Waals surface area (Å²) in [6.45, 7) is 0. The summed E-state index contributed by atoms with van der Waals surface area (Å²) in [5.74, 6) is 0. The van der Waals surface area contributed by atoms with E-state index in [2.05, 4.69) is 0 Å². The van der Waals surface area contributed by atoms with E-state index in [4.69, 9.17) is 16.4 Å².